The lowest BCUT2D eigenvalue weighted by Crippen LogP contribution is -1.85. The van der Waals surface area contributed by atoms with E-state index in [4.69, 9.17) is 0 Å². The van der Waals surface area contributed by atoms with Crippen molar-refractivity contribution >= 4 is 11.1 Å². The van der Waals surface area contributed by atoms with Crippen LogP contribution in [-0.2, 0) is 0 Å². The van der Waals surface area contributed by atoms with Gasteiger partial charge in [-0.25, -0.2) is 0 Å². The first-order chi connectivity index (χ1) is 10.1. The maximum atomic E-state index is 4.11. The van der Waals surface area contributed by atoms with E-state index in [1.54, 1.807) is 0 Å². The van der Waals surface area contributed by atoms with Crippen molar-refractivity contribution in [1.82, 2.24) is 0 Å². The van der Waals surface area contributed by atoms with Crippen molar-refractivity contribution in [1.29, 1.82) is 0 Å². The van der Waals surface area contributed by atoms with Gasteiger partial charge in [-0.1, -0.05) is 95.9 Å². The Kier molecular flexibility index (Phi) is 11.7. The first-order valence-electron chi connectivity index (χ1n) is 8.50. The Morgan fingerprint density at radius 1 is 0.762 bits per heavy atom. The fourth-order valence-corrected chi connectivity index (χ4v) is 2.02. The summed E-state index contributed by atoms with van der Waals surface area (Å²) >= 11 is 0. The van der Waals surface area contributed by atoms with Crippen LogP contribution in [0.3, 0.4) is 0 Å². The molecule has 0 heterocycles. The van der Waals surface area contributed by atoms with Crippen LogP contribution in [-0.4, -0.2) is 0 Å². The zero-order valence-electron chi connectivity index (χ0n) is 14.7. The molecule has 0 nitrogen and oxygen atoms in total. The van der Waals surface area contributed by atoms with Crippen molar-refractivity contribution in [2.45, 2.75) is 72.6 Å². The summed E-state index contributed by atoms with van der Waals surface area (Å²) in [5.41, 5.74) is 4.82. The molecule has 1 aromatic carbocycles. The highest BCUT2D eigenvalue weighted by molar-refractivity contribution is 5.67. The van der Waals surface area contributed by atoms with Crippen molar-refractivity contribution in [3.05, 3.63) is 48.6 Å². The van der Waals surface area contributed by atoms with Crippen LogP contribution in [0.5, 0.6) is 0 Å². The van der Waals surface area contributed by atoms with Crippen LogP contribution >= 0.6 is 0 Å². The van der Waals surface area contributed by atoms with E-state index in [0.717, 1.165) is 12.0 Å². The van der Waals surface area contributed by atoms with Gasteiger partial charge in [0.2, 0.25) is 0 Å². The van der Waals surface area contributed by atoms with Gasteiger partial charge in [-0.05, 0) is 36.5 Å². The Bertz CT molecular complexity index is 391. The van der Waals surface area contributed by atoms with E-state index >= 15 is 0 Å². The summed E-state index contributed by atoms with van der Waals surface area (Å²) in [6, 6.07) is 8.52. The minimum Gasteiger partial charge on any atom is -0.0955 e. The summed E-state index contributed by atoms with van der Waals surface area (Å²) in [4.78, 5) is 0. The molecule has 21 heavy (non-hydrogen) atoms. The summed E-state index contributed by atoms with van der Waals surface area (Å²) in [5.74, 6) is 0. The van der Waals surface area contributed by atoms with Crippen LogP contribution in [0.1, 0.15) is 83.8 Å². The molecule has 0 aliphatic carbocycles. The molecule has 0 saturated carbocycles. The van der Waals surface area contributed by atoms with Gasteiger partial charge < -0.3 is 0 Å². The van der Waals surface area contributed by atoms with E-state index in [2.05, 4.69) is 58.2 Å². The number of unbranched alkanes of at least 4 members (excludes halogenated alkanes) is 4. The maximum absolute atomic E-state index is 4.11. The van der Waals surface area contributed by atoms with Gasteiger partial charge in [-0.2, -0.15) is 0 Å². The molecule has 118 valence electrons. The van der Waals surface area contributed by atoms with Crippen LogP contribution in [0.25, 0.3) is 11.1 Å². The second-order valence-corrected chi connectivity index (χ2v) is 5.77. The first-order valence-corrected chi connectivity index (χ1v) is 8.50. The molecular formula is C21H34. The topological polar surface area (TPSA) is 0 Å². The summed E-state index contributed by atoms with van der Waals surface area (Å²) in [7, 11) is 0. The molecule has 0 radical (unpaired) electrons. The highest BCUT2D eigenvalue weighted by atomic mass is 14.0. The van der Waals surface area contributed by atoms with Gasteiger partial charge >= 0.3 is 0 Å². The molecule has 0 amide bonds. The van der Waals surface area contributed by atoms with Gasteiger partial charge in [0.1, 0.15) is 0 Å². The molecule has 0 spiro atoms. The van der Waals surface area contributed by atoms with Crippen molar-refractivity contribution in [3.8, 4) is 0 Å². The molecule has 0 aliphatic heterocycles. The quantitative estimate of drug-likeness (QED) is 0.434. The van der Waals surface area contributed by atoms with Gasteiger partial charge in [0, 0.05) is 0 Å². The minimum absolute atomic E-state index is 1.10. The van der Waals surface area contributed by atoms with Crippen molar-refractivity contribution < 1.29 is 0 Å². The van der Waals surface area contributed by atoms with E-state index in [1.807, 2.05) is 6.92 Å². The predicted molar refractivity (Wildman–Crippen MR) is 99.5 cm³/mol. The van der Waals surface area contributed by atoms with E-state index < -0.39 is 0 Å². The zero-order valence-corrected chi connectivity index (χ0v) is 14.7. The van der Waals surface area contributed by atoms with E-state index in [-0.39, 0.29) is 0 Å². The standard InChI is InChI=1S/C15H20.C6H14/c1-5-6-7-13(4)15-10-8-14(9-11-15)12(2)3;1-3-5-6-4-2/h8-11H,2,4-7H2,1,3H3;3-6H2,1-2H3. The lowest BCUT2D eigenvalue weighted by atomic mass is 9.99. The molecule has 1 aromatic rings. The Labute approximate surface area is 133 Å². The molecule has 0 aliphatic rings. The van der Waals surface area contributed by atoms with Gasteiger partial charge in [0.15, 0.2) is 0 Å². The predicted octanol–water partition coefficient (Wildman–Crippen LogP) is 7.51. The second-order valence-electron chi connectivity index (χ2n) is 5.77. The molecule has 0 bridgehead atoms. The third-order valence-corrected chi connectivity index (χ3v) is 3.58. The third kappa shape index (κ3) is 9.28. The Balaban J connectivity index is 0.000000567. The summed E-state index contributed by atoms with van der Waals surface area (Å²) in [6.45, 7) is 16.7. The van der Waals surface area contributed by atoms with Crippen LogP contribution in [0, 0.1) is 0 Å². The van der Waals surface area contributed by atoms with E-state index in [9.17, 15) is 0 Å². The highest BCUT2D eigenvalue weighted by Crippen LogP contribution is 2.21. The number of hydrogen-bond donors (Lipinski definition) is 0. The number of rotatable bonds is 8. The van der Waals surface area contributed by atoms with Crippen molar-refractivity contribution in [2.24, 2.45) is 0 Å². The molecule has 0 aromatic heterocycles. The van der Waals surface area contributed by atoms with Gasteiger partial charge in [-0.3, -0.25) is 0 Å². The Morgan fingerprint density at radius 3 is 1.57 bits per heavy atom. The van der Waals surface area contributed by atoms with Gasteiger partial charge in [-0.15, -0.1) is 0 Å². The summed E-state index contributed by atoms with van der Waals surface area (Å²) in [5, 5.41) is 0. The molecular weight excluding hydrogens is 252 g/mol. The van der Waals surface area contributed by atoms with Gasteiger partial charge in [0.25, 0.3) is 0 Å². The van der Waals surface area contributed by atoms with Crippen LogP contribution in [0.15, 0.2) is 37.4 Å². The molecule has 1 rings (SSSR count). The Hall–Kier alpha value is -1.30. The SMILES string of the molecule is C=C(C)c1ccc(C(=C)CCCC)cc1.CCCCCC. The van der Waals surface area contributed by atoms with Gasteiger partial charge in [0.05, 0.1) is 0 Å². The van der Waals surface area contributed by atoms with E-state index in [0.29, 0.717) is 0 Å². The van der Waals surface area contributed by atoms with Crippen molar-refractivity contribution in [3.63, 3.8) is 0 Å². The number of allylic oxidation sites excluding steroid dienone is 2. The van der Waals surface area contributed by atoms with Crippen LogP contribution < -0.4 is 0 Å². The summed E-state index contributed by atoms with van der Waals surface area (Å²) < 4.78 is 0. The monoisotopic (exact) mass is 286 g/mol. The first kappa shape index (κ1) is 19.7. The highest BCUT2D eigenvalue weighted by Gasteiger charge is 1.99. The Morgan fingerprint density at radius 2 is 1.19 bits per heavy atom. The summed E-state index contributed by atoms with van der Waals surface area (Å²) in [6.07, 6.45) is 9.08. The van der Waals surface area contributed by atoms with Crippen molar-refractivity contribution in [2.75, 3.05) is 0 Å². The fourth-order valence-electron chi connectivity index (χ4n) is 2.02. The van der Waals surface area contributed by atoms with Crippen LogP contribution in [0.2, 0.25) is 0 Å². The zero-order chi connectivity index (χ0) is 16.1. The van der Waals surface area contributed by atoms with E-state index in [1.165, 1.54) is 55.2 Å². The smallest absolute Gasteiger partial charge is 0.0230 e. The molecule has 0 heteroatoms. The molecule has 0 atom stereocenters. The normalized spacial score (nSPS) is 9.71. The number of benzene rings is 1. The minimum atomic E-state index is 1.10. The molecule has 0 N–H and O–H groups in total. The third-order valence-electron chi connectivity index (χ3n) is 3.58. The average Bonchev–Trinajstić information content (AvgIpc) is 2.51. The molecule has 0 fully saturated rings. The largest absolute Gasteiger partial charge is 0.0955 e. The lowest BCUT2D eigenvalue weighted by molar-refractivity contribution is 0.702. The fraction of sp³-hybridized carbons (Fsp3) is 0.524. The maximum Gasteiger partial charge on any atom is -0.0230 e. The van der Waals surface area contributed by atoms with Crippen LogP contribution in [0.4, 0.5) is 0 Å². The number of hydrogen-bond acceptors (Lipinski definition) is 0. The average molecular weight is 287 g/mol. The molecule has 0 unspecified atom stereocenters. The molecule has 0 saturated heterocycles. The lowest BCUT2D eigenvalue weighted by Gasteiger charge is -2.06. The second kappa shape index (κ2) is 12.4.